The quantitative estimate of drug-likeness (QED) is 0.539. The van der Waals surface area contributed by atoms with Crippen LogP contribution in [0.5, 0.6) is 0 Å². The zero-order valence-corrected chi connectivity index (χ0v) is 13.9. The van der Waals surface area contributed by atoms with E-state index in [-0.39, 0.29) is 5.56 Å². The van der Waals surface area contributed by atoms with Crippen molar-refractivity contribution in [2.24, 2.45) is 0 Å². The molecule has 0 saturated carbocycles. The Morgan fingerprint density at radius 3 is 2.39 bits per heavy atom. The molecule has 18 heavy (non-hydrogen) atoms. The molecule has 1 aromatic heterocycles. The summed E-state index contributed by atoms with van der Waals surface area (Å²) >= 11 is 7.63. The van der Waals surface area contributed by atoms with E-state index in [1.54, 1.807) is 0 Å². The molecule has 0 aromatic carbocycles. The maximum atomic E-state index is 11.8. The number of sulfone groups is 1. The van der Waals surface area contributed by atoms with Crippen molar-refractivity contribution in [3.63, 3.8) is 0 Å². The summed E-state index contributed by atoms with van der Waals surface area (Å²) in [5, 5.41) is 0. The number of methoxy groups -OCH3 is 1. The van der Waals surface area contributed by atoms with Crippen LogP contribution in [0.1, 0.15) is 10.4 Å². The summed E-state index contributed by atoms with van der Waals surface area (Å²) in [5.74, 6) is -2.96. The highest BCUT2D eigenvalue weighted by Gasteiger charge is 2.24. The molecule has 0 atom stereocenters. The van der Waals surface area contributed by atoms with Gasteiger partial charge in [0.25, 0.3) is 0 Å². The molecule has 0 unspecified atom stereocenters. The smallest absolute Gasteiger partial charge is 0.320 e. The van der Waals surface area contributed by atoms with Crippen LogP contribution in [-0.2, 0) is 19.4 Å². The Balaban J connectivity index is 2.82. The molecule has 0 fully saturated rings. The lowest BCUT2D eigenvalue weighted by Crippen LogP contribution is -2.24. The van der Waals surface area contributed by atoms with Crippen LogP contribution in [0.3, 0.4) is 0 Å². The van der Waals surface area contributed by atoms with Gasteiger partial charge in [0, 0.05) is 5.56 Å². The minimum atomic E-state index is -3.80. The molecular weight excluding hydrogens is 412 g/mol. The predicted octanol–water partition coefficient (Wildman–Crippen LogP) is 2.04. The molecule has 100 valence electrons. The second-order valence-corrected chi connectivity index (χ2v) is 9.08. The molecule has 0 aliphatic rings. The van der Waals surface area contributed by atoms with Crippen molar-refractivity contribution in [3.05, 3.63) is 19.2 Å². The van der Waals surface area contributed by atoms with Gasteiger partial charge in [-0.1, -0.05) is 0 Å². The lowest BCUT2D eigenvalue weighted by atomic mass is 10.2. The average molecular weight is 420 g/mol. The number of thiophene rings is 1. The summed E-state index contributed by atoms with van der Waals surface area (Å²) in [5.41, 5.74) is 0.278. The number of carbonyl (C=O) groups is 2. The Bertz CT molecular complexity index is 576. The van der Waals surface area contributed by atoms with E-state index in [1.807, 2.05) is 0 Å². The lowest BCUT2D eigenvalue weighted by Gasteiger charge is -2.02. The fourth-order valence-electron chi connectivity index (χ4n) is 1.10. The van der Waals surface area contributed by atoms with Crippen molar-refractivity contribution in [3.8, 4) is 0 Å². The first-order valence-electron chi connectivity index (χ1n) is 4.50. The van der Waals surface area contributed by atoms with Crippen LogP contribution >= 0.6 is 43.2 Å². The van der Waals surface area contributed by atoms with Crippen LogP contribution in [0.25, 0.3) is 0 Å². The Morgan fingerprint density at radius 1 is 1.33 bits per heavy atom. The second kappa shape index (κ2) is 6.27. The monoisotopic (exact) mass is 418 g/mol. The van der Waals surface area contributed by atoms with Gasteiger partial charge in [0.2, 0.25) is 0 Å². The first-order valence-corrected chi connectivity index (χ1v) is 8.73. The number of ketones is 1. The van der Waals surface area contributed by atoms with Crippen LogP contribution in [0.4, 0.5) is 0 Å². The van der Waals surface area contributed by atoms with Crippen molar-refractivity contribution in [2.45, 2.75) is 0 Å². The van der Waals surface area contributed by atoms with Gasteiger partial charge in [0.1, 0.15) is 11.5 Å². The number of hydrogen-bond acceptors (Lipinski definition) is 6. The topological polar surface area (TPSA) is 77.5 Å². The molecule has 9 heteroatoms. The van der Waals surface area contributed by atoms with Gasteiger partial charge in [-0.3, -0.25) is 9.59 Å². The molecular formula is C9H8Br2O5S2. The standard InChI is InChI=1S/C9H8Br2O5S2/c1-16-8(13)4-18(14,15)3-6(12)5-2-7(10)17-9(5)11/h2H,3-4H2,1H3. The fourth-order valence-corrected chi connectivity index (χ4v) is 5.09. The first kappa shape index (κ1) is 15.8. The van der Waals surface area contributed by atoms with Crippen LogP contribution in [0, 0.1) is 0 Å². The Labute approximate surface area is 125 Å². The Hall–Kier alpha value is -0.250. The van der Waals surface area contributed by atoms with E-state index in [0.717, 1.165) is 7.11 Å². The van der Waals surface area contributed by atoms with Crippen molar-refractivity contribution in [2.75, 3.05) is 18.6 Å². The molecule has 0 radical (unpaired) electrons. The molecule has 1 heterocycles. The largest absolute Gasteiger partial charge is 0.468 e. The van der Waals surface area contributed by atoms with Crippen molar-refractivity contribution >= 4 is 64.8 Å². The maximum absolute atomic E-state index is 11.8. The third-order valence-electron chi connectivity index (χ3n) is 1.87. The first-order chi connectivity index (χ1) is 8.25. The van der Waals surface area contributed by atoms with Crippen molar-refractivity contribution in [1.29, 1.82) is 0 Å². The predicted molar refractivity (Wildman–Crippen MR) is 74.7 cm³/mol. The van der Waals surface area contributed by atoms with Gasteiger partial charge >= 0.3 is 5.97 Å². The summed E-state index contributed by atoms with van der Waals surface area (Å²) in [6, 6.07) is 1.53. The summed E-state index contributed by atoms with van der Waals surface area (Å²) in [6.45, 7) is 0. The molecule has 0 amide bonds. The molecule has 0 N–H and O–H groups in total. The lowest BCUT2D eigenvalue weighted by molar-refractivity contribution is -0.137. The molecule has 5 nitrogen and oxygen atoms in total. The van der Waals surface area contributed by atoms with Gasteiger partial charge in [0.15, 0.2) is 15.6 Å². The van der Waals surface area contributed by atoms with Gasteiger partial charge in [-0.25, -0.2) is 8.42 Å². The zero-order valence-electron chi connectivity index (χ0n) is 9.11. The number of esters is 1. The van der Waals surface area contributed by atoms with E-state index >= 15 is 0 Å². The van der Waals surface area contributed by atoms with Gasteiger partial charge in [-0.05, 0) is 37.9 Å². The minimum absolute atomic E-state index is 0.278. The van der Waals surface area contributed by atoms with E-state index in [1.165, 1.54) is 17.4 Å². The molecule has 0 aliphatic heterocycles. The Kier molecular flexibility index (Phi) is 5.50. The second-order valence-electron chi connectivity index (χ2n) is 3.27. The number of carbonyl (C=O) groups excluding carboxylic acids is 2. The van der Waals surface area contributed by atoms with Crippen LogP contribution in [0.15, 0.2) is 13.6 Å². The molecule has 0 saturated heterocycles. The number of Topliss-reactive ketones (excluding diaryl/α,β-unsaturated/α-hetero) is 1. The van der Waals surface area contributed by atoms with Gasteiger partial charge in [-0.2, -0.15) is 0 Å². The average Bonchev–Trinajstić information content (AvgIpc) is 2.56. The SMILES string of the molecule is COC(=O)CS(=O)(=O)CC(=O)c1cc(Br)sc1Br. The normalized spacial score (nSPS) is 11.3. The highest BCUT2D eigenvalue weighted by molar-refractivity contribution is 9.12. The number of ether oxygens (including phenoxy) is 1. The molecule has 1 rings (SSSR count). The van der Waals surface area contributed by atoms with E-state index < -0.39 is 33.1 Å². The van der Waals surface area contributed by atoms with Crippen molar-refractivity contribution in [1.82, 2.24) is 0 Å². The van der Waals surface area contributed by atoms with Crippen LogP contribution < -0.4 is 0 Å². The highest BCUT2D eigenvalue weighted by Crippen LogP contribution is 2.32. The summed E-state index contributed by atoms with van der Waals surface area (Å²) in [4.78, 5) is 22.7. The number of hydrogen-bond donors (Lipinski definition) is 0. The zero-order chi connectivity index (χ0) is 13.9. The van der Waals surface area contributed by atoms with Gasteiger partial charge in [0.05, 0.1) is 14.7 Å². The van der Waals surface area contributed by atoms with E-state index in [0.29, 0.717) is 7.57 Å². The third-order valence-corrected chi connectivity index (χ3v) is 5.59. The fraction of sp³-hybridized carbons (Fsp3) is 0.333. The van der Waals surface area contributed by atoms with Gasteiger partial charge in [-0.15, -0.1) is 11.3 Å². The summed E-state index contributed by atoms with van der Waals surface area (Å²) in [6.07, 6.45) is 0. The highest BCUT2D eigenvalue weighted by atomic mass is 79.9. The molecule has 0 spiro atoms. The van der Waals surface area contributed by atoms with Crippen molar-refractivity contribution < 1.29 is 22.7 Å². The number of rotatable bonds is 5. The summed E-state index contributed by atoms with van der Waals surface area (Å²) in [7, 11) is -2.71. The summed E-state index contributed by atoms with van der Waals surface area (Å²) < 4.78 is 28.6. The van der Waals surface area contributed by atoms with E-state index in [2.05, 4.69) is 36.6 Å². The van der Waals surface area contributed by atoms with Crippen LogP contribution in [-0.4, -0.2) is 38.8 Å². The van der Waals surface area contributed by atoms with E-state index in [9.17, 15) is 18.0 Å². The Morgan fingerprint density at radius 2 is 1.94 bits per heavy atom. The molecule has 0 bridgehead atoms. The minimum Gasteiger partial charge on any atom is -0.468 e. The molecule has 1 aromatic rings. The van der Waals surface area contributed by atoms with Crippen LogP contribution in [0.2, 0.25) is 0 Å². The number of halogens is 2. The maximum Gasteiger partial charge on any atom is 0.320 e. The van der Waals surface area contributed by atoms with Gasteiger partial charge < -0.3 is 4.74 Å². The van der Waals surface area contributed by atoms with E-state index in [4.69, 9.17) is 0 Å². The third kappa shape index (κ3) is 4.45. The molecule has 0 aliphatic carbocycles.